The second-order valence-electron chi connectivity index (χ2n) is 5.74. The first-order chi connectivity index (χ1) is 12.2. The van der Waals surface area contributed by atoms with Crippen molar-refractivity contribution in [2.45, 2.75) is 12.8 Å². The van der Waals surface area contributed by atoms with Gasteiger partial charge in [-0.3, -0.25) is 4.79 Å². The summed E-state index contributed by atoms with van der Waals surface area (Å²) in [5.74, 6) is -0.113. The number of aromatic nitrogens is 1. The number of hydrogen-bond donors (Lipinski definition) is 1. The Morgan fingerprint density at radius 1 is 1.12 bits per heavy atom. The Labute approximate surface area is 148 Å². The van der Waals surface area contributed by atoms with Gasteiger partial charge in [0, 0.05) is 11.8 Å². The maximum atomic E-state index is 11.0. The Balaban J connectivity index is 1.77. The van der Waals surface area contributed by atoms with Crippen molar-refractivity contribution in [2.24, 2.45) is 0 Å². The smallest absolute Gasteiger partial charge is 0.303 e. The molecule has 25 heavy (non-hydrogen) atoms. The van der Waals surface area contributed by atoms with Crippen LogP contribution >= 0.6 is 11.3 Å². The zero-order valence-corrected chi connectivity index (χ0v) is 14.1. The number of carbonyl (C=O) groups is 1. The average Bonchev–Trinajstić information content (AvgIpc) is 3.21. The summed E-state index contributed by atoms with van der Waals surface area (Å²) in [7, 11) is 0. The molecular formula is C20H15NO3S. The van der Waals surface area contributed by atoms with E-state index in [0.717, 1.165) is 31.8 Å². The highest BCUT2D eigenvalue weighted by atomic mass is 32.1. The monoisotopic (exact) mass is 349 g/mol. The molecule has 0 bridgehead atoms. The van der Waals surface area contributed by atoms with Crippen molar-refractivity contribution in [3.63, 3.8) is 0 Å². The molecule has 0 saturated heterocycles. The van der Waals surface area contributed by atoms with E-state index in [9.17, 15) is 4.79 Å². The molecule has 0 fully saturated rings. The second kappa shape index (κ2) is 6.53. The van der Waals surface area contributed by atoms with Crippen LogP contribution in [0.1, 0.15) is 23.6 Å². The fraction of sp³-hybridized carbons (Fsp3) is 0.100. The third-order valence-corrected chi connectivity index (χ3v) is 5.05. The molecule has 0 aliphatic carbocycles. The SMILES string of the molecule is O=C(O)CC/C(=C/c1cc2ccccc2o1)c1nc2ccccc2s1. The molecule has 1 N–H and O–H groups in total. The Morgan fingerprint density at radius 2 is 1.92 bits per heavy atom. The summed E-state index contributed by atoms with van der Waals surface area (Å²) in [6, 6.07) is 17.7. The van der Waals surface area contributed by atoms with E-state index >= 15 is 0 Å². The van der Waals surface area contributed by atoms with Crippen LogP contribution in [0.4, 0.5) is 0 Å². The van der Waals surface area contributed by atoms with Crippen LogP contribution in [0.15, 0.2) is 59.0 Å². The summed E-state index contributed by atoms with van der Waals surface area (Å²) in [5, 5.41) is 10.9. The van der Waals surface area contributed by atoms with Crippen LogP contribution in [-0.4, -0.2) is 16.1 Å². The molecule has 0 spiro atoms. The van der Waals surface area contributed by atoms with Crippen molar-refractivity contribution in [1.29, 1.82) is 0 Å². The minimum absolute atomic E-state index is 0.0575. The van der Waals surface area contributed by atoms with Crippen LogP contribution in [0.25, 0.3) is 32.8 Å². The van der Waals surface area contributed by atoms with Crippen molar-refractivity contribution in [1.82, 2.24) is 4.98 Å². The highest BCUT2D eigenvalue weighted by Gasteiger charge is 2.12. The van der Waals surface area contributed by atoms with Crippen molar-refractivity contribution in [3.8, 4) is 0 Å². The summed E-state index contributed by atoms with van der Waals surface area (Å²) < 4.78 is 6.94. The number of benzene rings is 2. The quantitative estimate of drug-likeness (QED) is 0.520. The Kier molecular flexibility index (Phi) is 4.07. The molecular weight excluding hydrogens is 334 g/mol. The van der Waals surface area contributed by atoms with Gasteiger partial charge in [-0.2, -0.15) is 0 Å². The number of carboxylic acid groups (broad SMARTS) is 1. The summed E-state index contributed by atoms with van der Waals surface area (Å²) in [4.78, 5) is 15.7. The molecule has 0 aliphatic heterocycles. The highest BCUT2D eigenvalue weighted by molar-refractivity contribution is 7.19. The zero-order chi connectivity index (χ0) is 17.2. The maximum Gasteiger partial charge on any atom is 0.303 e. The van der Waals surface area contributed by atoms with E-state index in [0.29, 0.717) is 12.2 Å². The van der Waals surface area contributed by atoms with Crippen molar-refractivity contribution in [3.05, 3.63) is 65.4 Å². The molecule has 5 heteroatoms. The third-order valence-electron chi connectivity index (χ3n) is 3.94. The standard InChI is InChI=1S/C20H15NO3S/c22-19(23)10-9-14(20-21-16-6-2-4-8-18(16)25-20)12-15-11-13-5-1-3-7-17(13)24-15/h1-8,11-12H,9-10H2,(H,22,23)/b14-12-. The number of furan rings is 1. The van der Waals surface area contributed by atoms with E-state index < -0.39 is 5.97 Å². The van der Waals surface area contributed by atoms with Gasteiger partial charge in [0.2, 0.25) is 0 Å². The van der Waals surface area contributed by atoms with Gasteiger partial charge >= 0.3 is 5.97 Å². The molecule has 4 aromatic rings. The lowest BCUT2D eigenvalue weighted by atomic mass is 10.1. The molecule has 0 atom stereocenters. The van der Waals surface area contributed by atoms with Gasteiger partial charge in [-0.25, -0.2) is 4.98 Å². The summed E-state index contributed by atoms with van der Waals surface area (Å²) in [6.45, 7) is 0. The van der Waals surface area contributed by atoms with Crippen molar-refractivity contribution >= 4 is 50.1 Å². The van der Waals surface area contributed by atoms with Crippen LogP contribution in [0, 0.1) is 0 Å². The van der Waals surface area contributed by atoms with E-state index in [4.69, 9.17) is 9.52 Å². The van der Waals surface area contributed by atoms with Crippen molar-refractivity contribution in [2.75, 3.05) is 0 Å². The van der Waals surface area contributed by atoms with Gasteiger partial charge < -0.3 is 9.52 Å². The molecule has 0 amide bonds. The van der Waals surface area contributed by atoms with Gasteiger partial charge in [0.15, 0.2) is 0 Å². The number of rotatable bonds is 5. The van der Waals surface area contributed by atoms with Gasteiger partial charge in [-0.05, 0) is 42.3 Å². The minimum Gasteiger partial charge on any atom is -0.481 e. The third kappa shape index (κ3) is 3.32. The molecule has 2 aromatic carbocycles. The van der Waals surface area contributed by atoms with Crippen LogP contribution in [0.2, 0.25) is 0 Å². The lowest BCUT2D eigenvalue weighted by Crippen LogP contribution is -1.95. The van der Waals surface area contributed by atoms with E-state index in [1.54, 1.807) is 11.3 Å². The largest absolute Gasteiger partial charge is 0.481 e. The number of carboxylic acids is 1. The van der Waals surface area contributed by atoms with E-state index in [1.165, 1.54) is 0 Å². The Hall–Kier alpha value is -2.92. The number of para-hydroxylation sites is 2. The van der Waals surface area contributed by atoms with E-state index in [2.05, 4.69) is 4.98 Å². The van der Waals surface area contributed by atoms with E-state index in [1.807, 2.05) is 60.7 Å². The molecule has 0 saturated carbocycles. The molecule has 2 aromatic heterocycles. The lowest BCUT2D eigenvalue weighted by molar-refractivity contribution is -0.136. The highest BCUT2D eigenvalue weighted by Crippen LogP contribution is 2.32. The fourth-order valence-electron chi connectivity index (χ4n) is 2.74. The number of fused-ring (bicyclic) bond motifs is 2. The number of hydrogen-bond acceptors (Lipinski definition) is 4. The van der Waals surface area contributed by atoms with Gasteiger partial charge in [-0.1, -0.05) is 30.3 Å². The minimum atomic E-state index is -0.823. The normalized spacial score (nSPS) is 12.1. The molecule has 124 valence electrons. The van der Waals surface area contributed by atoms with Gasteiger partial charge in [-0.15, -0.1) is 11.3 Å². The Bertz CT molecular complexity index is 1020. The van der Waals surface area contributed by atoms with Crippen LogP contribution in [0.5, 0.6) is 0 Å². The van der Waals surface area contributed by atoms with Crippen molar-refractivity contribution < 1.29 is 14.3 Å². The maximum absolute atomic E-state index is 11.0. The molecule has 0 radical (unpaired) electrons. The zero-order valence-electron chi connectivity index (χ0n) is 13.3. The second-order valence-corrected chi connectivity index (χ2v) is 6.77. The van der Waals surface area contributed by atoms with Gasteiger partial charge in [0.25, 0.3) is 0 Å². The number of nitrogens with zero attached hydrogens (tertiary/aromatic N) is 1. The summed E-state index contributed by atoms with van der Waals surface area (Å²) in [6.07, 6.45) is 2.37. The summed E-state index contributed by atoms with van der Waals surface area (Å²) in [5.41, 5.74) is 2.62. The van der Waals surface area contributed by atoms with E-state index in [-0.39, 0.29) is 6.42 Å². The summed E-state index contributed by atoms with van der Waals surface area (Å²) >= 11 is 1.57. The molecule has 0 unspecified atom stereocenters. The first-order valence-corrected chi connectivity index (χ1v) is 8.77. The Morgan fingerprint density at radius 3 is 2.72 bits per heavy atom. The number of aliphatic carboxylic acids is 1. The molecule has 4 nitrogen and oxygen atoms in total. The molecule has 4 rings (SSSR count). The number of allylic oxidation sites excluding steroid dienone is 1. The lowest BCUT2D eigenvalue weighted by Gasteiger charge is -2.01. The molecule has 2 heterocycles. The topological polar surface area (TPSA) is 63.3 Å². The number of thiazole rings is 1. The molecule has 0 aliphatic rings. The van der Waals surface area contributed by atoms with Crippen LogP contribution in [0.3, 0.4) is 0 Å². The van der Waals surface area contributed by atoms with Gasteiger partial charge in [0.1, 0.15) is 16.4 Å². The van der Waals surface area contributed by atoms with Crippen LogP contribution in [-0.2, 0) is 4.79 Å². The predicted octanol–water partition coefficient (Wildman–Crippen LogP) is 5.45. The first-order valence-electron chi connectivity index (χ1n) is 7.96. The van der Waals surface area contributed by atoms with Crippen LogP contribution < -0.4 is 0 Å². The first kappa shape index (κ1) is 15.6. The van der Waals surface area contributed by atoms with Gasteiger partial charge in [0.05, 0.1) is 10.2 Å². The fourth-order valence-corrected chi connectivity index (χ4v) is 3.75. The average molecular weight is 349 g/mol. The predicted molar refractivity (Wildman–Crippen MR) is 101 cm³/mol.